The summed E-state index contributed by atoms with van der Waals surface area (Å²) < 4.78 is 39.2. The third-order valence-electron chi connectivity index (χ3n) is 5.21. The zero-order valence-corrected chi connectivity index (χ0v) is 19.2. The summed E-state index contributed by atoms with van der Waals surface area (Å²) in [5.41, 5.74) is 1.36. The number of esters is 1. The van der Waals surface area contributed by atoms with E-state index in [4.69, 9.17) is 9.47 Å². The maximum absolute atomic E-state index is 14.5. The van der Waals surface area contributed by atoms with Crippen LogP contribution in [0.2, 0.25) is 0 Å². The highest BCUT2D eigenvalue weighted by Crippen LogP contribution is 2.27. The first-order chi connectivity index (χ1) is 15.5. The molecule has 0 fully saturated rings. The minimum atomic E-state index is -0.527. The Morgan fingerprint density at radius 1 is 0.844 bits per heavy atom. The molecule has 2 aromatic carbocycles. The van der Waals surface area contributed by atoms with E-state index in [0.29, 0.717) is 17.7 Å². The lowest BCUT2D eigenvalue weighted by molar-refractivity contribution is -0.137. The average molecular weight is 445 g/mol. The van der Waals surface area contributed by atoms with Crippen molar-refractivity contribution in [3.8, 4) is 16.9 Å². The number of rotatable bonds is 14. The summed E-state index contributed by atoms with van der Waals surface area (Å²) in [4.78, 5) is 11.4. The molecule has 32 heavy (non-hydrogen) atoms. The van der Waals surface area contributed by atoms with Crippen molar-refractivity contribution < 1.29 is 23.0 Å². The molecule has 5 heteroatoms. The number of hydrogen-bond donors (Lipinski definition) is 0. The predicted octanol–water partition coefficient (Wildman–Crippen LogP) is 7.73. The number of carbonyl (C=O) groups excluding carboxylic acids is 1. The average Bonchev–Trinajstić information content (AvgIpc) is 2.78. The van der Waals surface area contributed by atoms with Crippen LogP contribution in [0.1, 0.15) is 70.8 Å². The van der Waals surface area contributed by atoms with Crippen LogP contribution in [0.15, 0.2) is 42.5 Å². The van der Waals surface area contributed by atoms with Gasteiger partial charge in [0.05, 0.1) is 13.2 Å². The van der Waals surface area contributed by atoms with Crippen LogP contribution in [0.3, 0.4) is 0 Å². The van der Waals surface area contributed by atoms with Gasteiger partial charge in [-0.25, -0.2) is 13.6 Å². The minimum Gasteiger partial charge on any atom is -0.491 e. The molecule has 0 aliphatic rings. The third kappa shape index (κ3) is 8.81. The molecular weight excluding hydrogens is 410 g/mol. The van der Waals surface area contributed by atoms with Gasteiger partial charge in [0.1, 0.15) is 5.82 Å². The Morgan fingerprint density at radius 2 is 1.47 bits per heavy atom. The van der Waals surface area contributed by atoms with E-state index in [1.807, 2.05) is 0 Å². The fourth-order valence-electron chi connectivity index (χ4n) is 3.41. The standard InChI is InChI=1S/C27H34F2O3/c1-3-5-6-7-8-9-10-11-18-32-26-16-14-23(20-25(26)29)22-13-12-21(24(28)19-22)15-17-27(30)31-4-2/h12-17,19-20H,3-11,18H2,1-2H3. The van der Waals surface area contributed by atoms with Gasteiger partial charge in [-0.2, -0.15) is 0 Å². The lowest BCUT2D eigenvalue weighted by atomic mass is 10.0. The molecule has 2 aromatic rings. The normalized spacial score (nSPS) is 11.1. The highest BCUT2D eigenvalue weighted by Gasteiger charge is 2.09. The van der Waals surface area contributed by atoms with Crippen molar-refractivity contribution in [2.24, 2.45) is 0 Å². The minimum absolute atomic E-state index is 0.214. The molecule has 0 saturated heterocycles. The maximum atomic E-state index is 14.5. The predicted molar refractivity (Wildman–Crippen MR) is 126 cm³/mol. The van der Waals surface area contributed by atoms with Crippen LogP contribution in [-0.4, -0.2) is 19.2 Å². The topological polar surface area (TPSA) is 35.5 Å². The van der Waals surface area contributed by atoms with Crippen molar-refractivity contribution in [1.82, 2.24) is 0 Å². The fraction of sp³-hybridized carbons (Fsp3) is 0.444. The van der Waals surface area contributed by atoms with Gasteiger partial charge >= 0.3 is 5.97 Å². The van der Waals surface area contributed by atoms with Crippen molar-refractivity contribution in [2.75, 3.05) is 13.2 Å². The van der Waals surface area contributed by atoms with Crippen LogP contribution in [0.4, 0.5) is 8.78 Å². The van der Waals surface area contributed by atoms with E-state index in [-0.39, 0.29) is 17.9 Å². The molecule has 0 amide bonds. The molecule has 0 aliphatic heterocycles. The molecule has 174 valence electrons. The Labute approximate surface area is 190 Å². The molecule has 0 aliphatic carbocycles. The van der Waals surface area contributed by atoms with E-state index in [9.17, 15) is 13.6 Å². The Kier molecular flexibility index (Phi) is 11.5. The molecule has 2 rings (SSSR count). The zero-order chi connectivity index (χ0) is 23.2. The van der Waals surface area contributed by atoms with Crippen LogP contribution in [-0.2, 0) is 9.53 Å². The van der Waals surface area contributed by atoms with E-state index < -0.39 is 17.6 Å². The first-order valence-electron chi connectivity index (χ1n) is 11.6. The fourth-order valence-corrected chi connectivity index (χ4v) is 3.41. The van der Waals surface area contributed by atoms with Crippen LogP contribution >= 0.6 is 0 Å². The zero-order valence-electron chi connectivity index (χ0n) is 19.2. The molecule has 3 nitrogen and oxygen atoms in total. The van der Waals surface area contributed by atoms with E-state index in [1.54, 1.807) is 31.2 Å². The van der Waals surface area contributed by atoms with Gasteiger partial charge in [0.25, 0.3) is 0 Å². The lowest BCUT2D eigenvalue weighted by Crippen LogP contribution is -1.99. The van der Waals surface area contributed by atoms with Crippen LogP contribution in [0.5, 0.6) is 5.75 Å². The first-order valence-corrected chi connectivity index (χ1v) is 11.6. The molecule has 0 N–H and O–H groups in total. The Bertz CT molecular complexity index is 877. The van der Waals surface area contributed by atoms with E-state index >= 15 is 0 Å². The Hall–Kier alpha value is -2.69. The van der Waals surface area contributed by atoms with Crippen molar-refractivity contribution in [3.05, 3.63) is 59.7 Å². The SMILES string of the molecule is CCCCCCCCCCOc1ccc(-c2ccc(C=CC(=O)OCC)c(F)c2)cc1F. The second kappa shape index (κ2) is 14.4. The first kappa shape index (κ1) is 25.6. The number of benzene rings is 2. The lowest BCUT2D eigenvalue weighted by Gasteiger charge is -2.10. The number of halogens is 2. The van der Waals surface area contributed by atoms with Gasteiger partial charge in [0.15, 0.2) is 11.6 Å². The highest BCUT2D eigenvalue weighted by atomic mass is 19.1. The quantitative estimate of drug-likeness (QED) is 0.170. The molecule has 0 saturated carbocycles. The molecule has 0 heterocycles. The summed E-state index contributed by atoms with van der Waals surface area (Å²) in [7, 11) is 0. The van der Waals surface area contributed by atoms with Gasteiger partial charge in [0.2, 0.25) is 0 Å². The van der Waals surface area contributed by atoms with Gasteiger partial charge in [-0.3, -0.25) is 0 Å². The summed E-state index contributed by atoms with van der Waals surface area (Å²) >= 11 is 0. The maximum Gasteiger partial charge on any atom is 0.330 e. The van der Waals surface area contributed by atoms with Gasteiger partial charge in [-0.1, -0.05) is 70.1 Å². The van der Waals surface area contributed by atoms with Gasteiger partial charge in [-0.05, 0) is 48.7 Å². The van der Waals surface area contributed by atoms with Gasteiger partial charge in [0, 0.05) is 11.6 Å². The summed E-state index contributed by atoms with van der Waals surface area (Å²) in [5, 5.41) is 0. The second-order valence-electron chi connectivity index (χ2n) is 7.79. The van der Waals surface area contributed by atoms with Crippen LogP contribution < -0.4 is 4.74 Å². The van der Waals surface area contributed by atoms with Crippen molar-refractivity contribution in [3.63, 3.8) is 0 Å². The van der Waals surface area contributed by atoms with Crippen LogP contribution in [0.25, 0.3) is 17.2 Å². The summed E-state index contributed by atoms with van der Waals surface area (Å²) in [5.74, 6) is -1.28. The Morgan fingerprint density at radius 3 is 2.09 bits per heavy atom. The van der Waals surface area contributed by atoms with E-state index in [2.05, 4.69) is 6.92 Å². The number of hydrogen-bond acceptors (Lipinski definition) is 3. The second-order valence-corrected chi connectivity index (χ2v) is 7.79. The monoisotopic (exact) mass is 444 g/mol. The van der Waals surface area contributed by atoms with E-state index in [1.165, 1.54) is 62.8 Å². The smallest absolute Gasteiger partial charge is 0.330 e. The number of carbonyl (C=O) groups is 1. The molecule has 0 aromatic heterocycles. The molecule has 0 radical (unpaired) electrons. The Balaban J connectivity index is 1.86. The summed E-state index contributed by atoms with van der Waals surface area (Å²) in [6.45, 7) is 4.66. The third-order valence-corrected chi connectivity index (χ3v) is 5.21. The summed E-state index contributed by atoms with van der Waals surface area (Å²) in [6.07, 6.45) is 12.1. The number of ether oxygens (including phenoxy) is 2. The molecule has 0 bridgehead atoms. The van der Waals surface area contributed by atoms with E-state index in [0.717, 1.165) is 12.8 Å². The number of unbranched alkanes of at least 4 members (excludes halogenated alkanes) is 7. The largest absolute Gasteiger partial charge is 0.491 e. The van der Waals surface area contributed by atoms with Crippen molar-refractivity contribution in [2.45, 2.75) is 65.2 Å². The molecule has 0 spiro atoms. The highest BCUT2D eigenvalue weighted by molar-refractivity contribution is 5.87. The molecular formula is C27H34F2O3. The van der Waals surface area contributed by atoms with Gasteiger partial charge in [-0.15, -0.1) is 0 Å². The van der Waals surface area contributed by atoms with Crippen LogP contribution in [0, 0.1) is 11.6 Å². The van der Waals surface area contributed by atoms with Crippen molar-refractivity contribution >= 4 is 12.0 Å². The van der Waals surface area contributed by atoms with Gasteiger partial charge < -0.3 is 9.47 Å². The molecule has 0 unspecified atom stereocenters. The summed E-state index contributed by atoms with van der Waals surface area (Å²) in [6, 6.07) is 9.21. The van der Waals surface area contributed by atoms with Crippen molar-refractivity contribution in [1.29, 1.82) is 0 Å². The molecule has 0 atom stereocenters.